The van der Waals surface area contributed by atoms with Crippen molar-refractivity contribution in [3.8, 4) is 0 Å². The number of benzene rings is 1. The fourth-order valence-corrected chi connectivity index (χ4v) is 4.83. The average molecular weight is 428 g/mol. The van der Waals surface area contributed by atoms with E-state index in [4.69, 9.17) is 27.9 Å². The third-order valence-electron chi connectivity index (χ3n) is 4.90. The van der Waals surface area contributed by atoms with Crippen molar-refractivity contribution in [2.24, 2.45) is 0 Å². The van der Waals surface area contributed by atoms with Crippen molar-refractivity contribution in [2.75, 3.05) is 0 Å². The second kappa shape index (κ2) is 7.33. The Morgan fingerprint density at radius 1 is 0.828 bits per heavy atom. The van der Waals surface area contributed by atoms with Gasteiger partial charge in [0.15, 0.2) is 12.2 Å². The number of carbonyl (C=O) groups excluding carboxylic acids is 2. The molecule has 29 heavy (non-hydrogen) atoms. The second-order valence-electron chi connectivity index (χ2n) is 7.07. The monoisotopic (exact) mass is 428 g/mol. The minimum Gasteiger partial charge on any atom is -0.457 e. The van der Waals surface area contributed by atoms with Crippen molar-refractivity contribution in [2.45, 2.75) is 68.8 Å². The SMILES string of the molecule is CC(=O)O[C@@H]1C2OC3O[C@@H]1C(OS(=O)(=O)c1ccc(C)cc1)[C@H](O3)[C@@H]2OC(C)=O. The van der Waals surface area contributed by atoms with Gasteiger partial charge in [-0.25, -0.2) is 0 Å². The maximum absolute atomic E-state index is 12.8. The Morgan fingerprint density at radius 2 is 1.28 bits per heavy atom. The van der Waals surface area contributed by atoms with Gasteiger partial charge in [-0.1, -0.05) is 17.7 Å². The van der Waals surface area contributed by atoms with E-state index in [9.17, 15) is 18.0 Å². The van der Waals surface area contributed by atoms with Crippen LogP contribution in [-0.2, 0) is 47.6 Å². The molecule has 3 unspecified atom stereocenters. The quantitative estimate of drug-likeness (QED) is 0.481. The molecule has 4 aliphatic rings. The molecular formula is C18H20O10S. The van der Waals surface area contributed by atoms with Crippen LogP contribution in [0.1, 0.15) is 19.4 Å². The molecule has 3 saturated heterocycles. The molecule has 0 spiro atoms. The largest absolute Gasteiger partial charge is 0.457 e. The zero-order chi connectivity index (χ0) is 20.9. The molecule has 11 heteroatoms. The van der Waals surface area contributed by atoms with Crippen LogP contribution in [0.25, 0.3) is 0 Å². The summed E-state index contributed by atoms with van der Waals surface area (Å²) in [5.74, 6) is -1.25. The van der Waals surface area contributed by atoms with Gasteiger partial charge < -0.3 is 23.7 Å². The molecule has 3 aliphatic heterocycles. The molecule has 4 fully saturated rings. The number of hydrogen-bond donors (Lipinski definition) is 0. The van der Waals surface area contributed by atoms with E-state index in [0.29, 0.717) is 0 Å². The van der Waals surface area contributed by atoms with E-state index in [1.54, 1.807) is 12.1 Å². The van der Waals surface area contributed by atoms with Gasteiger partial charge in [0.25, 0.3) is 16.6 Å². The highest BCUT2D eigenvalue weighted by molar-refractivity contribution is 7.86. The van der Waals surface area contributed by atoms with Gasteiger partial charge in [-0.2, -0.15) is 8.42 Å². The highest BCUT2D eigenvalue weighted by atomic mass is 32.2. The summed E-state index contributed by atoms with van der Waals surface area (Å²) in [6, 6.07) is 6.10. The van der Waals surface area contributed by atoms with Crippen molar-refractivity contribution < 1.29 is 45.9 Å². The van der Waals surface area contributed by atoms with E-state index in [0.717, 1.165) is 5.56 Å². The summed E-state index contributed by atoms with van der Waals surface area (Å²) in [4.78, 5) is 23.1. The predicted octanol–water partition coefficient (Wildman–Crippen LogP) is 0.412. The topological polar surface area (TPSA) is 124 Å². The molecule has 0 N–H and O–H groups in total. The lowest BCUT2D eigenvalue weighted by atomic mass is 9.82. The van der Waals surface area contributed by atoms with E-state index >= 15 is 0 Å². The molecule has 1 aromatic carbocycles. The Labute approximate surface area is 167 Å². The minimum absolute atomic E-state index is 0.0544. The van der Waals surface area contributed by atoms with Crippen molar-refractivity contribution in [1.29, 1.82) is 0 Å². The fraction of sp³-hybridized carbons (Fsp3) is 0.556. The van der Waals surface area contributed by atoms with Crippen LogP contribution in [-0.4, -0.2) is 63.5 Å². The molecule has 0 amide bonds. The van der Waals surface area contributed by atoms with Crippen molar-refractivity contribution >= 4 is 22.1 Å². The van der Waals surface area contributed by atoms with Crippen LogP contribution in [0.5, 0.6) is 0 Å². The average Bonchev–Trinajstić information content (AvgIpc) is 2.63. The minimum atomic E-state index is -4.21. The lowest BCUT2D eigenvalue weighted by Crippen LogP contribution is -2.76. The third-order valence-corrected chi connectivity index (χ3v) is 6.22. The summed E-state index contributed by atoms with van der Waals surface area (Å²) in [5, 5.41) is 0. The maximum Gasteiger partial charge on any atom is 0.303 e. The summed E-state index contributed by atoms with van der Waals surface area (Å²) >= 11 is 0. The molecule has 0 radical (unpaired) electrons. The van der Waals surface area contributed by atoms with Crippen LogP contribution in [0.4, 0.5) is 0 Å². The van der Waals surface area contributed by atoms with E-state index in [-0.39, 0.29) is 4.90 Å². The molecule has 10 nitrogen and oxygen atoms in total. The first-order valence-corrected chi connectivity index (χ1v) is 10.4. The number of carbonyl (C=O) groups is 2. The van der Waals surface area contributed by atoms with Crippen LogP contribution < -0.4 is 0 Å². The van der Waals surface area contributed by atoms with Gasteiger partial charge in [-0.05, 0) is 19.1 Å². The lowest BCUT2D eigenvalue weighted by molar-refractivity contribution is -0.477. The van der Waals surface area contributed by atoms with Crippen LogP contribution in [0.3, 0.4) is 0 Å². The van der Waals surface area contributed by atoms with Gasteiger partial charge in [-0.3, -0.25) is 13.8 Å². The van der Waals surface area contributed by atoms with E-state index < -0.39 is 65.2 Å². The third kappa shape index (κ3) is 3.76. The summed E-state index contributed by atoms with van der Waals surface area (Å²) < 4.78 is 58.3. The van der Waals surface area contributed by atoms with Crippen molar-refractivity contribution in [3.63, 3.8) is 0 Å². The number of ether oxygens (including phenoxy) is 5. The van der Waals surface area contributed by atoms with Gasteiger partial charge in [0.05, 0.1) is 4.90 Å². The molecule has 1 saturated carbocycles. The molecule has 1 aromatic rings. The molecule has 158 valence electrons. The first-order valence-electron chi connectivity index (χ1n) is 8.96. The lowest BCUT2D eigenvalue weighted by Gasteiger charge is -2.57. The van der Waals surface area contributed by atoms with Crippen molar-refractivity contribution in [1.82, 2.24) is 0 Å². The van der Waals surface area contributed by atoms with Crippen LogP contribution >= 0.6 is 0 Å². The fourth-order valence-electron chi connectivity index (χ4n) is 3.74. The smallest absolute Gasteiger partial charge is 0.303 e. The van der Waals surface area contributed by atoms with E-state index in [1.807, 2.05) is 6.92 Å². The molecule has 7 atom stereocenters. The second-order valence-corrected chi connectivity index (χ2v) is 8.64. The summed E-state index contributed by atoms with van der Waals surface area (Å²) in [6.45, 7) is 3.11. The van der Waals surface area contributed by atoms with Gasteiger partial charge in [-0.15, -0.1) is 0 Å². The van der Waals surface area contributed by atoms with Crippen LogP contribution in [0.2, 0.25) is 0 Å². The maximum atomic E-state index is 12.8. The highest BCUT2D eigenvalue weighted by Crippen LogP contribution is 2.44. The standard InChI is InChI=1S/C18H20O10S/c1-8-4-6-11(7-5-8)29(21,22)28-17-15-12(23-9(2)19)14-13(24-10(3)20)16(17)27-18(25-14)26-15/h4-7,12-18H,1-3H3/t12-,13-,14?,15-,16+,17?,18?/m1/s1. The molecule has 1 aliphatic carbocycles. The highest BCUT2D eigenvalue weighted by Gasteiger charge is 2.66. The Morgan fingerprint density at radius 3 is 1.72 bits per heavy atom. The number of rotatable bonds is 5. The Kier molecular flexibility index (Phi) is 5.11. The summed E-state index contributed by atoms with van der Waals surface area (Å²) in [7, 11) is -4.21. The van der Waals surface area contributed by atoms with E-state index in [1.165, 1.54) is 26.0 Å². The molecule has 3 heterocycles. The number of esters is 2. The molecule has 5 rings (SSSR count). The zero-order valence-electron chi connectivity index (χ0n) is 15.8. The van der Waals surface area contributed by atoms with Crippen LogP contribution in [0, 0.1) is 6.92 Å². The van der Waals surface area contributed by atoms with Gasteiger partial charge in [0, 0.05) is 13.8 Å². The summed E-state index contributed by atoms with van der Waals surface area (Å²) in [6.07, 6.45) is -6.11. The molecule has 0 aromatic heterocycles. The number of aryl methyl sites for hydroxylation is 1. The zero-order valence-corrected chi connectivity index (χ0v) is 16.7. The van der Waals surface area contributed by atoms with Crippen molar-refractivity contribution in [3.05, 3.63) is 29.8 Å². The first kappa shape index (κ1) is 20.2. The molecular weight excluding hydrogens is 408 g/mol. The van der Waals surface area contributed by atoms with Gasteiger partial charge >= 0.3 is 11.9 Å². The van der Waals surface area contributed by atoms with Gasteiger partial charge in [0.1, 0.15) is 24.4 Å². The Bertz CT molecular complexity index is 877. The first-order chi connectivity index (χ1) is 13.7. The van der Waals surface area contributed by atoms with Gasteiger partial charge in [0.2, 0.25) is 0 Å². The molecule has 4 bridgehead atoms. The van der Waals surface area contributed by atoms with E-state index in [2.05, 4.69) is 0 Å². The Hall–Kier alpha value is -2.05. The predicted molar refractivity (Wildman–Crippen MR) is 92.8 cm³/mol. The number of hydrogen-bond acceptors (Lipinski definition) is 10. The summed E-state index contributed by atoms with van der Waals surface area (Å²) in [5.41, 5.74) is 0.882. The Balaban J connectivity index is 1.67. The van der Waals surface area contributed by atoms with Crippen LogP contribution in [0.15, 0.2) is 29.2 Å². The normalized spacial score (nSPS) is 35.3.